The van der Waals surface area contributed by atoms with Crippen LogP contribution in [0.3, 0.4) is 0 Å². The van der Waals surface area contributed by atoms with E-state index < -0.39 is 0 Å². The van der Waals surface area contributed by atoms with Gasteiger partial charge in [0.05, 0.1) is 0 Å². The van der Waals surface area contributed by atoms with E-state index in [-0.39, 0.29) is 6.03 Å². The molecule has 0 aliphatic rings. The van der Waals surface area contributed by atoms with Crippen LogP contribution in [0.4, 0.5) is 10.5 Å². The molecule has 1 aromatic carbocycles. The highest BCUT2D eigenvalue weighted by Crippen LogP contribution is 2.15. The van der Waals surface area contributed by atoms with Gasteiger partial charge in [0.2, 0.25) is 0 Å². The summed E-state index contributed by atoms with van der Waals surface area (Å²) in [5.74, 6) is 1.82. The Bertz CT molecular complexity index is 629. The first kappa shape index (κ1) is 16.8. The summed E-state index contributed by atoms with van der Waals surface area (Å²) >= 11 is 5.01. The molecule has 1 heterocycles. The Kier molecular flexibility index (Phi) is 6.26. The van der Waals surface area contributed by atoms with E-state index in [1.54, 1.807) is 11.8 Å². The summed E-state index contributed by atoms with van der Waals surface area (Å²) < 4.78 is 2.93. The molecule has 0 unspecified atom stereocenters. The summed E-state index contributed by atoms with van der Waals surface area (Å²) in [5.41, 5.74) is 0.751. The molecule has 0 bridgehead atoms. The molecule has 0 aliphatic heterocycles. The molecule has 0 radical (unpaired) electrons. The minimum atomic E-state index is -0.229. The van der Waals surface area contributed by atoms with E-state index in [9.17, 15) is 4.79 Å². The largest absolute Gasteiger partial charge is 0.337 e. The Morgan fingerprint density at radius 2 is 2.05 bits per heavy atom. The zero-order chi connectivity index (χ0) is 15.9. The lowest BCUT2D eigenvalue weighted by Gasteiger charge is -2.07. The van der Waals surface area contributed by atoms with Gasteiger partial charge in [-0.25, -0.2) is 4.79 Å². The number of benzene rings is 1. The first-order valence-electron chi connectivity index (χ1n) is 6.91. The Morgan fingerprint density at radius 3 is 2.73 bits per heavy atom. The third-order valence-electron chi connectivity index (χ3n) is 2.93. The van der Waals surface area contributed by atoms with E-state index in [4.69, 9.17) is 0 Å². The molecular formula is C14H18BrN5OS. The maximum atomic E-state index is 11.8. The topological polar surface area (TPSA) is 71.8 Å². The number of nitrogens with zero attached hydrogens (tertiary/aromatic N) is 3. The molecule has 2 rings (SSSR count). The first-order chi connectivity index (χ1) is 10.6. The van der Waals surface area contributed by atoms with Crippen LogP contribution in [0.15, 0.2) is 33.9 Å². The monoisotopic (exact) mass is 383 g/mol. The molecule has 118 valence electrons. The number of rotatable bonds is 6. The average molecular weight is 384 g/mol. The van der Waals surface area contributed by atoms with Gasteiger partial charge in [0.25, 0.3) is 0 Å². The lowest BCUT2D eigenvalue weighted by Crippen LogP contribution is -2.30. The van der Waals surface area contributed by atoms with E-state index in [1.807, 2.05) is 35.9 Å². The Balaban J connectivity index is 1.78. The second-order valence-electron chi connectivity index (χ2n) is 4.53. The maximum absolute atomic E-state index is 11.8. The van der Waals surface area contributed by atoms with E-state index in [2.05, 4.69) is 43.7 Å². The van der Waals surface area contributed by atoms with Crippen molar-refractivity contribution in [3.05, 3.63) is 34.6 Å². The van der Waals surface area contributed by atoms with Crippen LogP contribution in [0.25, 0.3) is 0 Å². The molecule has 2 aromatic rings. The maximum Gasteiger partial charge on any atom is 0.319 e. The van der Waals surface area contributed by atoms with Crippen molar-refractivity contribution in [1.82, 2.24) is 20.1 Å². The van der Waals surface area contributed by atoms with E-state index in [1.165, 1.54) is 0 Å². The van der Waals surface area contributed by atoms with Gasteiger partial charge in [-0.05, 0) is 30.0 Å². The normalized spacial score (nSPS) is 10.5. The lowest BCUT2D eigenvalue weighted by molar-refractivity contribution is 0.252. The van der Waals surface area contributed by atoms with Crippen molar-refractivity contribution >= 4 is 39.4 Å². The number of nitrogens with one attached hydrogen (secondary N) is 2. The van der Waals surface area contributed by atoms with Crippen LogP contribution in [0, 0.1) is 0 Å². The van der Waals surface area contributed by atoms with Gasteiger partial charge in [-0.15, -0.1) is 10.2 Å². The van der Waals surface area contributed by atoms with E-state index >= 15 is 0 Å². The number of thioether (sulfide) groups is 1. The van der Waals surface area contributed by atoms with Crippen molar-refractivity contribution in [3.63, 3.8) is 0 Å². The number of carbonyl (C=O) groups excluding carboxylic acids is 1. The predicted octanol–water partition coefficient (Wildman–Crippen LogP) is 3.05. The van der Waals surface area contributed by atoms with Crippen molar-refractivity contribution in [2.45, 2.75) is 18.5 Å². The number of hydrogen-bond acceptors (Lipinski definition) is 4. The van der Waals surface area contributed by atoms with Crippen LogP contribution in [-0.4, -0.2) is 33.1 Å². The van der Waals surface area contributed by atoms with Crippen LogP contribution in [0.5, 0.6) is 0 Å². The van der Waals surface area contributed by atoms with Crippen LogP contribution in [0.1, 0.15) is 12.7 Å². The summed E-state index contributed by atoms with van der Waals surface area (Å²) in [7, 11) is 1.94. The molecule has 1 aromatic heterocycles. The molecule has 0 atom stereocenters. The van der Waals surface area contributed by atoms with Gasteiger partial charge in [-0.1, -0.05) is 34.6 Å². The summed E-state index contributed by atoms with van der Waals surface area (Å²) in [4.78, 5) is 11.8. The molecule has 2 N–H and O–H groups in total. The molecule has 6 nitrogen and oxygen atoms in total. The summed E-state index contributed by atoms with van der Waals surface area (Å²) in [5, 5.41) is 14.8. The van der Waals surface area contributed by atoms with Gasteiger partial charge in [-0.3, -0.25) is 0 Å². The van der Waals surface area contributed by atoms with Crippen LogP contribution >= 0.6 is 27.7 Å². The lowest BCUT2D eigenvalue weighted by atomic mass is 10.3. The van der Waals surface area contributed by atoms with Crippen LogP contribution in [-0.2, 0) is 13.5 Å². The van der Waals surface area contributed by atoms with Crippen molar-refractivity contribution in [1.29, 1.82) is 0 Å². The second kappa shape index (κ2) is 8.19. The molecule has 8 heteroatoms. The van der Waals surface area contributed by atoms with Gasteiger partial charge < -0.3 is 15.2 Å². The molecule has 0 aliphatic carbocycles. The number of aromatic nitrogens is 3. The van der Waals surface area contributed by atoms with Crippen LogP contribution < -0.4 is 10.6 Å². The number of amides is 2. The third-order valence-corrected chi connectivity index (χ3v) is 4.37. The number of urea groups is 1. The zero-order valence-corrected chi connectivity index (χ0v) is 14.9. The Hall–Kier alpha value is -1.54. The van der Waals surface area contributed by atoms with Crippen molar-refractivity contribution in [2.24, 2.45) is 7.05 Å². The van der Waals surface area contributed by atoms with Gasteiger partial charge >= 0.3 is 6.03 Å². The molecule has 0 saturated carbocycles. The summed E-state index contributed by atoms with van der Waals surface area (Å²) in [6, 6.07) is 7.19. The second-order valence-corrected chi connectivity index (χ2v) is 6.68. The predicted molar refractivity (Wildman–Crippen MR) is 92.3 cm³/mol. The van der Waals surface area contributed by atoms with E-state index in [0.29, 0.717) is 13.0 Å². The van der Waals surface area contributed by atoms with Gasteiger partial charge in [0.15, 0.2) is 5.16 Å². The number of halogens is 1. The standard InChI is InChI=1S/C14H18BrN5OS/c1-3-22-14-19-18-12(20(14)2)8-9-16-13(21)17-11-6-4-10(15)5-7-11/h4-7H,3,8-9H2,1-2H3,(H2,16,17,21). The fourth-order valence-corrected chi connectivity index (χ4v) is 2.73. The average Bonchev–Trinajstić information content (AvgIpc) is 2.83. The minimum Gasteiger partial charge on any atom is -0.337 e. The van der Waals surface area contributed by atoms with Crippen molar-refractivity contribution < 1.29 is 4.79 Å². The van der Waals surface area contributed by atoms with Crippen molar-refractivity contribution in [3.8, 4) is 0 Å². The highest BCUT2D eigenvalue weighted by molar-refractivity contribution is 9.10. The number of carbonyl (C=O) groups is 1. The van der Waals surface area contributed by atoms with Gasteiger partial charge in [-0.2, -0.15) is 0 Å². The van der Waals surface area contributed by atoms with E-state index in [0.717, 1.165) is 26.9 Å². The first-order valence-corrected chi connectivity index (χ1v) is 8.69. The third kappa shape index (κ3) is 4.74. The SMILES string of the molecule is CCSc1nnc(CCNC(=O)Nc2ccc(Br)cc2)n1C. The highest BCUT2D eigenvalue weighted by Gasteiger charge is 2.08. The Labute approximate surface area is 142 Å². The molecule has 22 heavy (non-hydrogen) atoms. The molecule has 2 amide bonds. The summed E-state index contributed by atoms with van der Waals surface area (Å²) in [6.45, 7) is 2.58. The zero-order valence-electron chi connectivity index (χ0n) is 12.5. The number of hydrogen-bond donors (Lipinski definition) is 2. The smallest absolute Gasteiger partial charge is 0.319 e. The van der Waals surface area contributed by atoms with Gasteiger partial charge in [0, 0.05) is 30.2 Å². The van der Waals surface area contributed by atoms with Crippen LogP contribution in [0.2, 0.25) is 0 Å². The number of anilines is 1. The minimum absolute atomic E-state index is 0.229. The fraction of sp³-hybridized carbons (Fsp3) is 0.357. The molecule has 0 saturated heterocycles. The highest BCUT2D eigenvalue weighted by atomic mass is 79.9. The molecular weight excluding hydrogens is 366 g/mol. The Morgan fingerprint density at radius 1 is 1.32 bits per heavy atom. The quantitative estimate of drug-likeness (QED) is 0.751. The fourth-order valence-electron chi connectivity index (χ4n) is 1.81. The van der Waals surface area contributed by atoms with Crippen molar-refractivity contribution in [2.75, 3.05) is 17.6 Å². The molecule has 0 spiro atoms. The molecule has 0 fully saturated rings. The van der Waals surface area contributed by atoms with Gasteiger partial charge in [0.1, 0.15) is 5.82 Å². The summed E-state index contributed by atoms with van der Waals surface area (Å²) in [6.07, 6.45) is 0.640.